The average Bonchev–Trinajstić information content (AvgIpc) is 1.63. The average molecular weight is 1630 g/mol. The maximum atomic E-state index is 10.7. The van der Waals surface area contributed by atoms with Crippen LogP contribution in [-0.4, -0.2) is 62.8 Å². The van der Waals surface area contributed by atoms with Crippen molar-refractivity contribution in [2.45, 2.75) is 96.1 Å². The van der Waals surface area contributed by atoms with Crippen molar-refractivity contribution in [3.8, 4) is 67.3 Å². The molecule has 0 saturated heterocycles. The zero-order valence-electron chi connectivity index (χ0n) is 64.3. The van der Waals surface area contributed by atoms with E-state index in [0.717, 1.165) is 67.0 Å². The molecule has 6 aromatic carbocycles. The fraction of sp³-hybridized carbons (Fsp3) is 0.273. The fourth-order valence-electron chi connectivity index (χ4n) is 11.5. The third-order valence-electron chi connectivity index (χ3n) is 15.8. The molecule has 4 aliphatic rings. The van der Waals surface area contributed by atoms with Crippen molar-refractivity contribution in [1.29, 1.82) is 0 Å². The molecule has 10 aromatic rings. The van der Waals surface area contributed by atoms with E-state index in [-0.39, 0.29) is 74.3 Å². The van der Waals surface area contributed by atoms with Crippen LogP contribution in [-0.2, 0) is 50.3 Å². The maximum Gasteiger partial charge on any atom is 0.522 e. The van der Waals surface area contributed by atoms with Gasteiger partial charge in [-0.15, -0.1) is 107 Å². The Balaban J connectivity index is 0.000000211. The second kappa shape index (κ2) is 35.8. The number of fused-ring (bicyclic) bond motifs is 4. The molecule has 0 aliphatic heterocycles. The molecule has 6 unspecified atom stereocenters. The summed E-state index contributed by atoms with van der Waals surface area (Å²) < 4.78 is 163. The van der Waals surface area contributed by atoms with Crippen molar-refractivity contribution in [1.82, 2.24) is 19.9 Å². The van der Waals surface area contributed by atoms with Crippen LogP contribution in [0.1, 0.15) is 116 Å². The van der Waals surface area contributed by atoms with Crippen LogP contribution in [0.5, 0.6) is 0 Å². The molecule has 4 heterocycles. The zero-order valence-corrected chi connectivity index (χ0v) is 55.9. The number of rotatable bonds is 8. The van der Waals surface area contributed by atoms with E-state index in [9.17, 15) is 13.2 Å². The Hall–Kier alpha value is -7.16. The van der Waals surface area contributed by atoms with Gasteiger partial charge in [-0.3, -0.25) is 9.54 Å². The van der Waals surface area contributed by atoms with Crippen molar-refractivity contribution in [2.24, 2.45) is 23.7 Å². The molecule has 6 atom stereocenters. The monoisotopic (exact) mass is 1630 g/mol. The van der Waals surface area contributed by atoms with Crippen molar-refractivity contribution in [3.05, 3.63) is 264 Å². The summed E-state index contributed by atoms with van der Waals surface area (Å²) in [5, 5.41) is 14.0. The number of benzene rings is 6. The SMILES string of the molecule is CO.CO.O=S(=O)(O)C(F)(F)F.[2H]C([2H])([2H])c1c[c-]c(-c2ccc(C([2H])([2H])[2H])cn2)cc1.[2H]C([2H])([2H])c1c[c-]c(-c2ccc(C([2H])([2H])[2H])cn2)cc1.[2H]C1(c2ccc(-c3ccnc(-c4[c-]cccc4)c3)cc2)CC2CCC1C2.[2H]C1(c2ccc(-c3ccnc(-c4ccccc4)c3)cc2)CC2CCC1C2.[Ir].[Ir]. The van der Waals surface area contributed by atoms with E-state index in [1.807, 2.05) is 54.9 Å². The van der Waals surface area contributed by atoms with Crippen molar-refractivity contribution >= 4 is 10.1 Å². The number of halogens is 3. The Morgan fingerprint density at radius 2 is 0.880 bits per heavy atom. The van der Waals surface area contributed by atoms with Gasteiger partial charge in [0.25, 0.3) is 0 Å². The van der Waals surface area contributed by atoms with Crippen molar-refractivity contribution in [3.63, 3.8) is 0 Å². The summed E-state index contributed by atoms with van der Waals surface area (Å²) in [6.45, 7) is -8.68. The first-order valence-electron chi connectivity index (χ1n) is 36.1. The largest absolute Gasteiger partial charge is 0.522 e. The minimum atomic E-state index is -5.84. The molecule has 4 fully saturated rings. The second-order valence-electron chi connectivity index (χ2n) is 21.6. The summed E-state index contributed by atoms with van der Waals surface area (Å²) in [5.41, 5.74) is 8.75. The first-order valence-corrected chi connectivity index (χ1v) is 30.6. The molecule has 92 heavy (non-hydrogen) atoms. The topological polar surface area (TPSA) is 146 Å². The first kappa shape index (κ1) is 55.3. The van der Waals surface area contributed by atoms with Gasteiger partial charge in [0, 0.05) is 104 Å². The molecule has 4 aromatic heterocycles. The van der Waals surface area contributed by atoms with Crippen LogP contribution in [0, 0.1) is 69.3 Å². The van der Waals surface area contributed by atoms with Gasteiger partial charge in [-0.2, -0.15) is 21.6 Å². The summed E-state index contributed by atoms with van der Waals surface area (Å²) in [6.07, 6.45) is 16.1. The fourth-order valence-corrected chi connectivity index (χ4v) is 11.5. The first-order chi connectivity index (χ1) is 49.0. The Labute approximate surface area is 588 Å². The Bertz CT molecular complexity index is 4120. The predicted molar refractivity (Wildman–Crippen MR) is 355 cm³/mol. The quantitative estimate of drug-likeness (QED) is 0.0769. The van der Waals surface area contributed by atoms with Gasteiger partial charge < -0.3 is 25.2 Å². The molecule has 0 amide bonds. The Kier molecular flexibility index (Phi) is 21.5. The molecular formula is C77H78F3Ir2N4O5S-3. The number of aromatic nitrogens is 4. The molecule has 4 bridgehead atoms. The molecule has 4 saturated carbocycles. The molecule has 15 heteroatoms. The number of hydrogen-bond donors (Lipinski definition) is 3. The minimum absolute atomic E-state index is 0. The van der Waals surface area contributed by atoms with Gasteiger partial charge in [0.2, 0.25) is 0 Å². The molecular weight excluding hydrogens is 1530 g/mol. The van der Waals surface area contributed by atoms with Crippen LogP contribution in [0.2, 0.25) is 0 Å². The Morgan fingerprint density at radius 1 is 0.457 bits per heavy atom. The van der Waals surface area contributed by atoms with Gasteiger partial charge in [-0.05, 0) is 167 Å². The summed E-state index contributed by atoms with van der Waals surface area (Å²) in [6, 6.07) is 68.2. The second-order valence-corrected chi connectivity index (χ2v) is 23.0. The third kappa shape index (κ3) is 20.7. The number of pyridine rings is 4. The van der Waals surface area contributed by atoms with E-state index in [4.69, 9.17) is 42.4 Å². The number of aliphatic hydroxyl groups is 2. The van der Waals surface area contributed by atoms with Crippen LogP contribution in [0.25, 0.3) is 67.3 Å². The predicted octanol–water partition coefficient (Wildman–Crippen LogP) is 18.4. The van der Waals surface area contributed by atoms with Crippen LogP contribution in [0.4, 0.5) is 13.2 Å². The van der Waals surface area contributed by atoms with Crippen LogP contribution < -0.4 is 0 Å². The number of aliphatic hydroxyl groups excluding tert-OH is 2. The standard InChI is InChI=1S/C24H23N.C24H22N.2C13H12N.CHF3O3S.2CH4O.2Ir/c2*1-2-4-20(5-3-1)24-16-21(12-13-25-24)18-8-10-19(11-9-18)23-15-17-6-7-22(23)14-17;2*1-10-3-6-12(7-4-10)13-8-5-11(2)9-14-13;2-1(3,4)8(5,6)7;2*1-2;;/h1-5,8-13,16-17,22-23H,6-7,14-15H2;1-4,8-13,16-17,22-23H,6-7,14-15H2;2*3-6,8-9H,1-2H3;(H,5,6,7);2*2H,1H3;;/q;3*-1;;;;;/i2*23D;2*1D3,2D3;;;;;. The maximum absolute atomic E-state index is 10.7. The smallest absolute Gasteiger partial charge is 0.400 e. The summed E-state index contributed by atoms with van der Waals surface area (Å²) >= 11 is 0. The Morgan fingerprint density at radius 3 is 1.24 bits per heavy atom. The zero-order chi connectivity index (χ0) is 76.1. The summed E-state index contributed by atoms with van der Waals surface area (Å²) in [5.74, 6) is 1.97. The van der Waals surface area contributed by atoms with E-state index >= 15 is 0 Å². The molecule has 484 valence electrons. The van der Waals surface area contributed by atoms with Gasteiger partial charge >= 0.3 is 15.6 Å². The normalized spacial score (nSPS) is 22.2. The molecule has 14 rings (SSSR count). The van der Waals surface area contributed by atoms with Gasteiger partial charge in [0.1, 0.15) is 0 Å². The molecule has 9 nitrogen and oxygen atoms in total. The van der Waals surface area contributed by atoms with Gasteiger partial charge in [0.05, 0.1) is 5.69 Å². The van der Waals surface area contributed by atoms with Crippen LogP contribution in [0.15, 0.2) is 213 Å². The number of hydrogen-bond acceptors (Lipinski definition) is 8. The van der Waals surface area contributed by atoms with E-state index in [1.165, 1.54) is 115 Å². The number of aryl methyl sites for hydroxylation is 4. The minimum Gasteiger partial charge on any atom is -0.400 e. The number of alkyl halides is 3. The van der Waals surface area contributed by atoms with Crippen molar-refractivity contribution in [2.75, 3.05) is 14.2 Å². The number of nitrogens with zero attached hydrogens (tertiary/aromatic N) is 4. The molecule has 3 N–H and O–H groups in total. The van der Waals surface area contributed by atoms with E-state index in [2.05, 4.69) is 123 Å². The van der Waals surface area contributed by atoms with Crippen LogP contribution in [0.3, 0.4) is 0 Å². The van der Waals surface area contributed by atoms with Gasteiger partial charge in [0.15, 0.2) is 0 Å². The third-order valence-corrected chi connectivity index (χ3v) is 16.4. The van der Waals surface area contributed by atoms with Gasteiger partial charge in [-0.1, -0.05) is 136 Å². The van der Waals surface area contributed by atoms with Gasteiger partial charge in [-0.25, -0.2) is 0 Å². The van der Waals surface area contributed by atoms with E-state index in [1.54, 1.807) is 24.3 Å². The molecule has 0 spiro atoms. The summed E-state index contributed by atoms with van der Waals surface area (Å²) in [4.78, 5) is 17.2. The van der Waals surface area contributed by atoms with Crippen molar-refractivity contribution < 1.29 is 95.8 Å². The van der Waals surface area contributed by atoms with Crippen LogP contribution >= 0.6 is 0 Å². The van der Waals surface area contributed by atoms with E-state index < -0.39 is 43.0 Å². The molecule has 4 aliphatic carbocycles. The molecule has 2 radical (unpaired) electrons. The summed E-state index contributed by atoms with van der Waals surface area (Å²) in [7, 11) is -3.84. The van der Waals surface area contributed by atoms with E-state index in [0.29, 0.717) is 34.4 Å².